The molecule has 0 atom stereocenters. The summed E-state index contributed by atoms with van der Waals surface area (Å²) in [5.74, 6) is 1.40. The van der Waals surface area contributed by atoms with Crippen LogP contribution in [-0.2, 0) is 11.3 Å². The summed E-state index contributed by atoms with van der Waals surface area (Å²) in [6.45, 7) is 3.94. The molecule has 118 valence electrons. The molecule has 0 saturated heterocycles. The molecular weight excluding hydrogens is 262 g/mol. The van der Waals surface area contributed by atoms with E-state index in [-0.39, 0.29) is 11.8 Å². The van der Waals surface area contributed by atoms with E-state index in [0.29, 0.717) is 0 Å². The molecular formula is C17H29N3O. The fourth-order valence-corrected chi connectivity index (χ4v) is 3.24. The predicted octanol–water partition coefficient (Wildman–Crippen LogP) is 3.39. The van der Waals surface area contributed by atoms with Gasteiger partial charge in [-0.05, 0) is 38.0 Å². The molecule has 21 heavy (non-hydrogen) atoms. The zero-order valence-corrected chi connectivity index (χ0v) is 13.3. The van der Waals surface area contributed by atoms with Gasteiger partial charge in [0.2, 0.25) is 5.91 Å². The van der Waals surface area contributed by atoms with Gasteiger partial charge in [0.05, 0.1) is 6.33 Å². The summed E-state index contributed by atoms with van der Waals surface area (Å²) in [6.07, 6.45) is 15.2. The van der Waals surface area contributed by atoms with E-state index >= 15 is 0 Å². The number of aromatic nitrogens is 2. The van der Waals surface area contributed by atoms with Crippen LogP contribution in [0.5, 0.6) is 0 Å². The molecule has 0 aromatic carbocycles. The molecule has 0 aliphatic heterocycles. The number of aryl methyl sites for hydroxylation is 1. The predicted molar refractivity (Wildman–Crippen MR) is 84.8 cm³/mol. The van der Waals surface area contributed by atoms with Crippen molar-refractivity contribution < 1.29 is 4.79 Å². The lowest BCUT2D eigenvalue weighted by Crippen LogP contribution is -2.34. The fraction of sp³-hybridized carbons (Fsp3) is 0.765. The molecule has 4 nitrogen and oxygen atoms in total. The number of carbonyl (C=O) groups is 1. The Balaban J connectivity index is 1.57. The third-order valence-corrected chi connectivity index (χ3v) is 4.63. The number of unbranched alkanes of at least 4 members (excludes halogenated alkanes) is 1. The van der Waals surface area contributed by atoms with Crippen LogP contribution in [0.1, 0.15) is 58.3 Å². The molecule has 1 heterocycles. The van der Waals surface area contributed by atoms with E-state index in [1.54, 1.807) is 6.20 Å². The van der Waals surface area contributed by atoms with Crippen molar-refractivity contribution in [1.29, 1.82) is 0 Å². The van der Waals surface area contributed by atoms with E-state index in [0.717, 1.165) is 38.3 Å². The van der Waals surface area contributed by atoms with Gasteiger partial charge in [-0.25, -0.2) is 4.98 Å². The van der Waals surface area contributed by atoms with Gasteiger partial charge in [-0.1, -0.05) is 26.2 Å². The van der Waals surface area contributed by atoms with Gasteiger partial charge >= 0.3 is 0 Å². The standard InChI is InChI=1S/C17H29N3O/c1-2-3-5-15-6-8-16(9-7-15)17(21)19-10-4-12-20-13-11-18-14-20/h11,13-16H,2-10,12H2,1H3,(H,19,21). The highest BCUT2D eigenvalue weighted by Gasteiger charge is 2.25. The van der Waals surface area contributed by atoms with Crippen LogP contribution in [0, 0.1) is 11.8 Å². The van der Waals surface area contributed by atoms with Crippen molar-refractivity contribution in [2.24, 2.45) is 11.8 Å². The summed E-state index contributed by atoms with van der Waals surface area (Å²) in [5, 5.41) is 3.10. The minimum absolute atomic E-state index is 0.260. The topological polar surface area (TPSA) is 46.9 Å². The SMILES string of the molecule is CCCCC1CCC(C(=O)NCCCn2ccnc2)CC1. The lowest BCUT2D eigenvalue weighted by atomic mass is 9.79. The van der Waals surface area contributed by atoms with Crippen molar-refractivity contribution in [3.05, 3.63) is 18.7 Å². The van der Waals surface area contributed by atoms with Crippen molar-refractivity contribution >= 4 is 5.91 Å². The Labute approximate surface area is 128 Å². The van der Waals surface area contributed by atoms with Crippen LogP contribution in [0.3, 0.4) is 0 Å². The van der Waals surface area contributed by atoms with Crippen LogP contribution in [-0.4, -0.2) is 22.0 Å². The Hall–Kier alpha value is -1.32. The van der Waals surface area contributed by atoms with Crippen LogP contribution in [0.25, 0.3) is 0 Å². The maximum atomic E-state index is 12.1. The smallest absolute Gasteiger partial charge is 0.223 e. The van der Waals surface area contributed by atoms with Crippen LogP contribution in [0.2, 0.25) is 0 Å². The van der Waals surface area contributed by atoms with Crippen LogP contribution < -0.4 is 5.32 Å². The van der Waals surface area contributed by atoms with E-state index in [2.05, 4.69) is 17.2 Å². The molecule has 0 bridgehead atoms. The lowest BCUT2D eigenvalue weighted by molar-refractivity contribution is -0.126. The van der Waals surface area contributed by atoms with E-state index in [1.165, 1.54) is 32.1 Å². The van der Waals surface area contributed by atoms with Gasteiger partial charge in [0.1, 0.15) is 0 Å². The summed E-state index contributed by atoms with van der Waals surface area (Å²) in [6, 6.07) is 0. The molecule has 0 radical (unpaired) electrons. The molecule has 1 aromatic heterocycles. The average Bonchev–Trinajstić information content (AvgIpc) is 3.03. The number of hydrogen-bond acceptors (Lipinski definition) is 2. The number of carbonyl (C=O) groups excluding carboxylic acids is 1. The van der Waals surface area contributed by atoms with Crippen LogP contribution in [0.15, 0.2) is 18.7 Å². The minimum atomic E-state index is 0.260. The second-order valence-corrected chi connectivity index (χ2v) is 6.30. The van der Waals surface area contributed by atoms with Gasteiger partial charge in [-0.15, -0.1) is 0 Å². The summed E-state index contributed by atoms with van der Waals surface area (Å²) in [4.78, 5) is 16.2. The van der Waals surface area contributed by atoms with Gasteiger partial charge < -0.3 is 9.88 Å². The number of imidazole rings is 1. The Morgan fingerprint density at radius 1 is 1.29 bits per heavy atom. The first-order valence-electron chi connectivity index (χ1n) is 8.53. The molecule has 1 aromatic rings. The molecule has 2 rings (SSSR count). The molecule has 1 amide bonds. The van der Waals surface area contributed by atoms with Gasteiger partial charge in [0.25, 0.3) is 0 Å². The molecule has 0 unspecified atom stereocenters. The van der Waals surface area contributed by atoms with Crippen LogP contribution >= 0.6 is 0 Å². The molecule has 1 saturated carbocycles. The van der Waals surface area contributed by atoms with Gasteiger partial charge in [-0.2, -0.15) is 0 Å². The Morgan fingerprint density at radius 2 is 2.10 bits per heavy atom. The second kappa shape index (κ2) is 8.85. The summed E-state index contributed by atoms with van der Waals surface area (Å²) in [5.41, 5.74) is 0. The Kier molecular flexibility index (Phi) is 6.77. The van der Waals surface area contributed by atoms with Gasteiger partial charge in [0.15, 0.2) is 0 Å². The summed E-state index contributed by atoms with van der Waals surface area (Å²) >= 11 is 0. The zero-order valence-electron chi connectivity index (χ0n) is 13.3. The number of nitrogens with zero attached hydrogens (tertiary/aromatic N) is 2. The number of amides is 1. The van der Waals surface area contributed by atoms with E-state index in [4.69, 9.17) is 0 Å². The number of hydrogen-bond donors (Lipinski definition) is 1. The first kappa shape index (κ1) is 16.1. The van der Waals surface area contributed by atoms with E-state index in [1.807, 2.05) is 17.1 Å². The highest BCUT2D eigenvalue weighted by Crippen LogP contribution is 2.31. The zero-order chi connectivity index (χ0) is 14.9. The van der Waals surface area contributed by atoms with Crippen molar-refractivity contribution in [3.63, 3.8) is 0 Å². The minimum Gasteiger partial charge on any atom is -0.356 e. The highest BCUT2D eigenvalue weighted by atomic mass is 16.1. The van der Waals surface area contributed by atoms with Crippen molar-refractivity contribution in [1.82, 2.24) is 14.9 Å². The Morgan fingerprint density at radius 3 is 2.76 bits per heavy atom. The first-order chi connectivity index (χ1) is 10.3. The molecule has 1 aliphatic rings. The monoisotopic (exact) mass is 291 g/mol. The summed E-state index contributed by atoms with van der Waals surface area (Å²) in [7, 11) is 0. The van der Waals surface area contributed by atoms with Crippen LogP contribution in [0.4, 0.5) is 0 Å². The van der Waals surface area contributed by atoms with Gasteiger partial charge in [-0.3, -0.25) is 4.79 Å². The molecule has 1 aliphatic carbocycles. The summed E-state index contributed by atoms with van der Waals surface area (Å²) < 4.78 is 2.05. The molecule has 1 fully saturated rings. The lowest BCUT2D eigenvalue weighted by Gasteiger charge is -2.27. The maximum Gasteiger partial charge on any atom is 0.223 e. The molecule has 0 spiro atoms. The largest absolute Gasteiger partial charge is 0.356 e. The quantitative estimate of drug-likeness (QED) is 0.746. The average molecular weight is 291 g/mol. The Bertz CT molecular complexity index is 394. The second-order valence-electron chi connectivity index (χ2n) is 6.30. The van der Waals surface area contributed by atoms with E-state index in [9.17, 15) is 4.79 Å². The highest BCUT2D eigenvalue weighted by molar-refractivity contribution is 5.78. The molecule has 4 heteroatoms. The maximum absolute atomic E-state index is 12.1. The van der Waals surface area contributed by atoms with Crippen molar-refractivity contribution in [2.45, 2.75) is 64.8 Å². The van der Waals surface area contributed by atoms with E-state index < -0.39 is 0 Å². The number of nitrogens with one attached hydrogen (secondary N) is 1. The first-order valence-corrected chi connectivity index (χ1v) is 8.53. The third-order valence-electron chi connectivity index (χ3n) is 4.63. The fourth-order valence-electron chi connectivity index (χ4n) is 3.24. The van der Waals surface area contributed by atoms with Crippen molar-refractivity contribution in [3.8, 4) is 0 Å². The normalized spacial score (nSPS) is 22.1. The molecule has 1 N–H and O–H groups in total. The number of rotatable bonds is 8. The third kappa shape index (κ3) is 5.52. The van der Waals surface area contributed by atoms with Crippen molar-refractivity contribution in [2.75, 3.05) is 6.54 Å². The van der Waals surface area contributed by atoms with Gasteiger partial charge in [0, 0.05) is 31.4 Å².